The Morgan fingerprint density at radius 3 is 2.73 bits per heavy atom. The Bertz CT molecular complexity index is 684. The highest BCUT2D eigenvalue weighted by atomic mass is 16.4. The number of hydrogen-bond acceptors (Lipinski definition) is 5. The minimum absolute atomic E-state index is 0.0125. The Kier molecular flexibility index (Phi) is 4.05. The minimum atomic E-state index is -1.37. The third kappa shape index (κ3) is 2.15. The van der Waals surface area contributed by atoms with Crippen molar-refractivity contribution in [3.63, 3.8) is 0 Å². The highest BCUT2D eigenvalue weighted by Gasteiger charge is 2.67. The van der Waals surface area contributed by atoms with Gasteiger partial charge in [0.1, 0.15) is 6.10 Å². The smallest absolute Gasteiger partial charge is 0.178 e. The first-order valence-corrected chi connectivity index (χ1v) is 9.81. The maximum Gasteiger partial charge on any atom is 0.178 e. The van der Waals surface area contributed by atoms with Gasteiger partial charge in [0.25, 0.3) is 0 Å². The van der Waals surface area contributed by atoms with E-state index in [4.69, 9.17) is 0 Å². The molecule has 0 bridgehead atoms. The number of aliphatic hydroxyl groups is 4. The van der Waals surface area contributed by atoms with Gasteiger partial charge in [0.15, 0.2) is 5.78 Å². The number of rotatable bonds is 2. The number of carbonyl (C=O) groups is 1. The molecular weight excluding hydrogens is 332 g/mol. The third-order valence-electron chi connectivity index (χ3n) is 8.44. The van der Waals surface area contributed by atoms with E-state index in [1.165, 1.54) is 0 Å². The fraction of sp³-hybridized carbons (Fsp3) is 0.762. The van der Waals surface area contributed by atoms with Crippen LogP contribution < -0.4 is 0 Å². The van der Waals surface area contributed by atoms with E-state index in [9.17, 15) is 25.2 Å². The molecule has 3 saturated carbocycles. The predicted octanol–water partition coefficient (Wildman–Crippen LogP) is 1.35. The zero-order valence-electron chi connectivity index (χ0n) is 15.6. The molecule has 3 fully saturated rings. The van der Waals surface area contributed by atoms with Crippen molar-refractivity contribution in [3.8, 4) is 0 Å². The van der Waals surface area contributed by atoms with Gasteiger partial charge in [0.2, 0.25) is 0 Å². The lowest BCUT2D eigenvalue weighted by Crippen LogP contribution is -2.62. The van der Waals surface area contributed by atoms with E-state index in [1.807, 2.05) is 13.0 Å². The molecular formula is C21H30O5. The van der Waals surface area contributed by atoms with Gasteiger partial charge in [0, 0.05) is 16.7 Å². The number of hydrogen-bond donors (Lipinski definition) is 4. The van der Waals surface area contributed by atoms with E-state index in [-0.39, 0.29) is 29.0 Å². The zero-order valence-corrected chi connectivity index (χ0v) is 15.6. The highest BCUT2D eigenvalue weighted by molar-refractivity contribution is 6.01. The molecule has 0 heterocycles. The summed E-state index contributed by atoms with van der Waals surface area (Å²) in [6, 6.07) is 0. The summed E-state index contributed by atoms with van der Waals surface area (Å²) in [7, 11) is 0. The van der Waals surface area contributed by atoms with E-state index < -0.39 is 29.8 Å². The van der Waals surface area contributed by atoms with Crippen LogP contribution in [0.25, 0.3) is 0 Å². The fourth-order valence-corrected chi connectivity index (χ4v) is 7.06. The molecule has 0 aromatic carbocycles. The molecule has 0 spiro atoms. The Morgan fingerprint density at radius 2 is 2.04 bits per heavy atom. The van der Waals surface area contributed by atoms with Crippen LogP contribution in [-0.4, -0.2) is 50.6 Å². The van der Waals surface area contributed by atoms with E-state index in [0.29, 0.717) is 12.8 Å². The van der Waals surface area contributed by atoms with E-state index >= 15 is 0 Å². The highest BCUT2D eigenvalue weighted by Crippen LogP contribution is 2.67. The van der Waals surface area contributed by atoms with Crippen molar-refractivity contribution < 1.29 is 25.2 Å². The fourth-order valence-electron chi connectivity index (χ4n) is 7.06. The second-order valence-electron chi connectivity index (χ2n) is 9.37. The molecule has 1 unspecified atom stereocenters. The number of aliphatic hydroxyl groups excluding tert-OH is 3. The summed E-state index contributed by atoms with van der Waals surface area (Å²) in [5.74, 6) is 0.445. The molecule has 5 nitrogen and oxygen atoms in total. The first-order chi connectivity index (χ1) is 12.2. The Labute approximate surface area is 154 Å². The first-order valence-electron chi connectivity index (χ1n) is 9.81. The maximum atomic E-state index is 11.8. The predicted molar refractivity (Wildman–Crippen MR) is 96.0 cm³/mol. The maximum absolute atomic E-state index is 11.8. The van der Waals surface area contributed by atoms with E-state index in [0.717, 1.165) is 24.8 Å². The molecule has 26 heavy (non-hydrogen) atoms. The second-order valence-corrected chi connectivity index (χ2v) is 9.37. The SMILES string of the molecule is C[C@]12C=CC(=O)C=C1CC[C@@H]1[C@@H]2C(O)C[C@@]2(C)[C@H]1CC[C@]2(O)[C@@H](O)CO. The molecule has 4 aliphatic rings. The summed E-state index contributed by atoms with van der Waals surface area (Å²) >= 11 is 0. The molecule has 5 heteroatoms. The van der Waals surface area contributed by atoms with Crippen LogP contribution >= 0.6 is 0 Å². The molecule has 0 amide bonds. The molecule has 0 aromatic heterocycles. The van der Waals surface area contributed by atoms with Crippen LogP contribution in [0.3, 0.4) is 0 Å². The Hall–Kier alpha value is -1.01. The van der Waals surface area contributed by atoms with Gasteiger partial charge in [-0.25, -0.2) is 0 Å². The average Bonchev–Trinajstić information content (AvgIpc) is 2.86. The topological polar surface area (TPSA) is 98.0 Å². The molecule has 0 aliphatic heterocycles. The van der Waals surface area contributed by atoms with Crippen LogP contribution in [0.5, 0.6) is 0 Å². The minimum Gasteiger partial charge on any atom is -0.394 e. The van der Waals surface area contributed by atoms with Crippen LogP contribution in [0.1, 0.15) is 46.0 Å². The normalized spacial score (nSPS) is 51.3. The van der Waals surface area contributed by atoms with Gasteiger partial charge in [-0.15, -0.1) is 0 Å². The summed E-state index contributed by atoms with van der Waals surface area (Å²) in [6.45, 7) is 3.61. The van der Waals surface area contributed by atoms with Crippen LogP contribution in [0, 0.1) is 28.6 Å². The monoisotopic (exact) mass is 362 g/mol. The van der Waals surface area contributed by atoms with Gasteiger partial charge < -0.3 is 20.4 Å². The summed E-state index contributed by atoms with van der Waals surface area (Å²) < 4.78 is 0. The summed E-state index contributed by atoms with van der Waals surface area (Å²) in [5.41, 5.74) is -1.21. The van der Waals surface area contributed by atoms with Gasteiger partial charge in [-0.2, -0.15) is 0 Å². The van der Waals surface area contributed by atoms with Gasteiger partial charge in [-0.05, 0) is 56.1 Å². The molecule has 8 atom stereocenters. The average molecular weight is 362 g/mol. The van der Waals surface area contributed by atoms with Crippen LogP contribution in [-0.2, 0) is 4.79 Å². The Morgan fingerprint density at radius 1 is 1.31 bits per heavy atom. The van der Waals surface area contributed by atoms with E-state index in [1.54, 1.807) is 12.2 Å². The van der Waals surface area contributed by atoms with Crippen LogP contribution in [0.2, 0.25) is 0 Å². The quantitative estimate of drug-likeness (QED) is 0.594. The molecule has 4 rings (SSSR count). The molecule has 0 radical (unpaired) electrons. The van der Waals surface area contributed by atoms with Crippen LogP contribution in [0.15, 0.2) is 23.8 Å². The molecule has 144 valence electrons. The van der Waals surface area contributed by atoms with Crippen molar-refractivity contribution in [2.24, 2.45) is 28.6 Å². The van der Waals surface area contributed by atoms with Gasteiger partial charge in [0.05, 0.1) is 18.3 Å². The molecule has 0 aromatic rings. The van der Waals surface area contributed by atoms with Crippen LogP contribution in [0.4, 0.5) is 0 Å². The number of fused-ring (bicyclic) bond motifs is 5. The van der Waals surface area contributed by atoms with Crippen molar-refractivity contribution >= 4 is 5.78 Å². The van der Waals surface area contributed by atoms with Crippen molar-refractivity contribution in [2.45, 2.75) is 63.8 Å². The van der Waals surface area contributed by atoms with Crippen molar-refractivity contribution in [2.75, 3.05) is 6.61 Å². The summed E-state index contributed by atoms with van der Waals surface area (Å²) in [4.78, 5) is 11.8. The molecule has 4 aliphatic carbocycles. The van der Waals surface area contributed by atoms with Gasteiger partial charge in [-0.3, -0.25) is 4.79 Å². The number of carbonyl (C=O) groups excluding carboxylic acids is 1. The largest absolute Gasteiger partial charge is 0.394 e. The standard InChI is InChI=1S/C21H30O5/c1-19-7-5-13(23)9-12(19)3-4-14-15-6-8-21(26,17(25)11-22)20(15,2)10-16(24)18(14)19/h5,7,9,14-18,22,24-26H,3-4,6,8,10-11H2,1-2H3/t14-,15-,16?,17-,18+,19-,20-,21-/m0/s1. The lowest BCUT2D eigenvalue weighted by atomic mass is 9.46. The lowest BCUT2D eigenvalue weighted by Gasteiger charge is -2.60. The Balaban J connectivity index is 1.74. The number of allylic oxidation sites excluding steroid dienone is 4. The van der Waals surface area contributed by atoms with Crippen molar-refractivity contribution in [1.82, 2.24) is 0 Å². The van der Waals surface area contributed by atoms with Crippen molar-refractivity contribution in [1.29, 1.82) is 0 Å². The third-order valence-corrected chi connectivity index (χ3v) is 8.44. The molecule has 4 N–H and O–H groups in total. The second kappa shape index (κ2) is 5.74. The van der Waals surface area contributed by atoms with Crippen molar-refractivity contribution in [3.05, 3.63) is 23.8 Å². The summed E-state index contributed by atoms with van der Waals surface area (Å²) in [6.07, 6.45) is 6.85. The zero-order chi connectivity index (χ0) is 18.9. The lowest BCUT2D eigenvalue weighted by molar-refractivity contribution is -0.204. The van der Waals surface area contributed by atoms with E-state index in [2.05, 4.69) is 6.92 Å². The van der Waals surface area contributed by atoms with Gasteiger partial charge in [-0.1, -0.05) is 25.5 Å². The van der Waals surface area contributed by atoms with Gasteiger partial charge >= 0.3 is 0 Å². The summed E-state index contributed by atoms with van der Waals surface area (Å²) in [5, 5.41) is 42.2. The number of ketones is 1. The first kappa shape index (κ1) is 18.4. The molecule has 0 saturated heterocycles.